The van der Waals surface area contributed by atoms with E-state index in [1.165, 1.54) is 0 Å². The summed E-state index contributed by atoms with van der Waals surface area (Å²) in [4.78, 5) is 4.39. The van der Waals surface area contributed by atoms with E-state index in [9.17, 15) is 0 Å². The van der Waals surface area contributed by atoms with Gasteiger partial charge >= 0.3 is 0 Å². The van der Waals surface area contributed by atoms with Gasteiger partial charge in [-0.05, 0) is 24.3 Å². The predicted octanol–water partition coefficient (Wildman–Crippen LogP) is 2.63. The van der Waals surface area contributed by atoms with Crippen LogP contribution in [0.15, 0.2) is 42.5 Å². The topological polar surface area (TPSA) is 56.2 Å². The van der Waals surface area contributed by atoms with E-state index >= 15 is 0 Å². The summed E-state index contributed by atoms with van der Waals surface area (Å²) >= 11 is 6.11. The summed E-state index contributed by atoms with van der Waals surface area (Å²) < 4.78 is 1.60. The molecule has 4 nitrogen and oxygen atoms in total. The number of fused-ring (bicyclic) bond motifs is 1. The number of rotatable bonds is 1. The molecule has 3 rings (SSSR count). The van der Waals surface area contributed by atoms with Crippen LogP contribution in [0.1, 0.15) is 0 Å². The zero-order valence-electron chi connectivity index (χ0n) is 8.84. The van der Waals surface area contributed by atoms with Crippen molar-refractivity contribution in [3.05, 3.63) is 47.5 Å². The van der Waals surface area contributed by atoms with E-state index in [0.717, 1.165) is 5.56 Å². The molecule has 0 aliphatic heterocycles. The van der Waals surface area contributed by atoms with Crippen molar-refractivity contribution in [3.63, 3.8) is 0 Å². The van der Waals surface area contributed by atoms with Crippen molar-refractivity contribution in [2.45, 2.75) is 0 Å². The number of aromatic nitrogens is 3. The van der Waals surface area contributed by atoms with Crippen LogP contribution < -0.4 is 5.73 Å². The van der Waals surface area contributed by atoms with Gasteiger partial charge in [-0.1, -0.05) is 29.8 Å². The maximum atomic E-state index is 6.11. The van der Waals surface area contributed by atoms with E-state index in [1.54, 1.807) is 10.6 Å². The largest absolute Gasteiger partial charge is 0.384 e. The van der Waals surface area contributed by atoms with Crippen LogP contribution in [0.4, 0.5) is 5.82 Å². The fraction of sp³-hybridized carbons (Fsp3) is 0. The SMILES string of the molecule is Nc1cccc2nc(-c3ccccc3Cl)nn12. The Bertz CT molecular complexity index is 690. The molecule has 0 fully saturated rings. The number of hydrogen-bond donors (Lipinski definition) is 1. The second-order valence-electron chi connectivity index (χ2n) is 3.64. The summed E-state index contributed by atoms with van der Waals surface area (Å²) in [5.41, 5.74) is 7.32. The highest BCUT2D eigenvalue weighted by atomic mass is 35.5. The first-order valence-electron chi connectivity index (χ1n) is 5.12. The third-order valence-electron chi connectivity index (χ3n) is 2.50. The monoisotopic (exact) mass is 244 g/mol. The molecule has 2 N–H and O–H groups in total. The Hall–Kier alpha value is -2.07. The molecule has 0 atom stereocenters. The Balaban J connectivity index is 2.26. The maximum Gasteiger partial charge on any atom is 0.183 e. The smallest absolute Gasteiger partial charge is 0.183 e. The lowest BCUT2D eigenvalue weighted by molar-refractivity contribution is 0.978. The van der Waals surface area contributed by atoms with Gasteiger partial charge < -0.3 is 5.73 Å². The summed E-state index contributed by atoms with van der Waals surface area (Å²) in [6.45, 7) is 0. The van der Waals surface area contributed by atoms with Crippen LogP contribution in [0.5, 0.6) is 0 Å². The summed E-state index contributed by atoms with van der Waals surface area (Å²) in [5, 5.41) is 4.97. The Morgan fingerprint density at radius 2 is 1.88 bits per heavy atom. The molecule has 3 aromatic rings. The van der Waals surface area contributed by atoms with Gasteiger partial charge in [0, 0.05) is 5.56 Å². The first kappa shape index (κ1) is 10.1. The third kappa shape index (κ3) is 1.62. The minimum absolute atomic E-state index is 0.549. The van der Waals surface area contributed by atoms with Gasteiger partial charge in [0.2, 0.25) is 0 Å². The summed E-state index contributed by atoms with van der Waals surface area (Å²) in [7, 11) is 0. The summed E-state index contributed by atoms with van der Waals surface area (Å²) in [6, 6.07) is 12.9. The van der Waals surface area contributed by atoms with Gasteiger partial charge in [0.1, 0.15) is 5.82 Å². The quantitative estimate of drug-likeness (QED) is 0.716. The van der Waals surface area contributed by atoms with Crippen LogP contribution in [0.25, 0.3) is 17.0 Å². The van der Waals surface area contributed by atoms with Crippen LogP contribution in [0.2, 0.25) is 5.02 Å². The first-order valence-corrected chi connectivity index (χ1v) is 5.50. The highest BCUT2D eigenvalue weighted by molar-refractivity contribution is 6.33. The van der Waals surface area contributed by atoms with Crippen molar-refractivity contribution < 1.29 is 0 Å². The molecule has 17 heavy (non-hydrogen) atoms. The second-order valence-corrected chi connectivity index (χ2v) is 4.04. The lowest BCUT2D eigenvalue weighted by Gasteiger charge is -1.97. The maximum absolute atomic E-state index is 6.11. The van der Waals surface area contributed by atoms with E-state index in [2.05, 4.69) is 10.1 Å². The summed E-state index contributed by atoms with van der Waals surface area (Å²) in [6.07, 6.45) is 0. The predicted molar refractivity (Wildman–Crippen MR) is 67.8 cm³/mol. The molecule has 0 bridgehead atoms. The van der Waals surface area contributed by atoms with E-state index < -0.39 is 0 Å². The summed E-state index contributed by atoms with van der Waals surface area (Å²) in [5.74, 6) is 1.13. The molecule has 5 heteroatoms. The molecule has 0 radical (unpaired) electrons. The van der Waals surface area contributed by atoms with Crippen molar-refractivity contribution in [2.75, 3.05) is 5.73 Å². The van der Waals surface area contributed by atoms with Crippen molar-refractivity contribution in [1.29, 1.82) is 0 Å². The van der Waals surface area contributed by atoms with Gasteiger partial charge in [0.05, 0.1) is 5.02 Å². The molecule has 0 aliphatic carbocycles. The second kappa shape index (κ2) is 3.75. The number of pyridine rings is 1. The molecule has 0 unspecified atom stereocenters. The molecule has 0 saturated carbocycles. The lowest BCUT2D eigenvalue weighted by Crippen LogP contribution is -1.97. The molecular weight excluding hydrogens is 236 g/mol. The molecule has 84 valence electrons. The number of nitrogen functional groups attached to an aromatic ring is 1. The number of benzene rings is 1. The average Bonchev–Trinajstić information content (AvgIpc) is 2.75. The van der Waals surface area contributed by atoms with E-state index in [1.807, 2.05) is 36.4 Å². The van der Waals surface area contributed by atoms with Crippen molar-refractivity contribution in [3.8, 4) is 11.4 Å². The zero-order chi connectivity index (χ0) is 11.8. The zero-order valence-corrected chi connectivity index (χ0v) is 9.59. The molecule has 0 aliphatic rings. The fourth-order valence-electron chi connectivity index (χ4n) is 1.68. The molecule has 2 heterocycles. The van der Waals surface area contributed by atoms with E-state index in [-0.39, 0.29) is 0 Å². The van der Waals surface area contributed by atoms with E-state index in [0.29, 0.717) is 22.3 Å². The number of nitrogens with zero attached hydrogens (tertiary/aromatic N) is 3. The third-order valence-corrected chi connectivity index (χ3v) is 2.83. The lowest BCUT2D eigenvalue weighted by atomic mass is 10.2. The minimum atomic E-state index is 0.549. The van der Waals surface area contributed by atoms with Crippen LogP contribution >= 0.6 is 11.6 Å². The molecular formula is C12H9ClN4. The first-order chi connectivity index (χ1) is 8.25. The molecule has 2 aromatic heterocycles. The van der Waals surface area contributed by atoms with Gasteiger partial charge in [-0.25, -0.2) is 4.98 Å². The Morgan fingerprint density at radius 3 is 2.65 bits per heavy atom. The number of nitrogens with two attached hydrogens (primary N) is 1. The number of anilines is 1. The Labute approximate surface area is 103 Å². The molecule has 0 saturated heterocycles. The van der Waals surface area contributed by atoms with E-state index in [4.69, 9.17) is 17.3 Å². The number of halogens is 1. The van der Waals surface area contributed by atoms with Gasteiger partial charge in [0.25, 0.3) is 0 Å². The van der Waals surface area contributed by atoms with Gasteiger partial charge in [-0.15, -0.1) is 5.10 Å². The Morgan fingerprint density at radius 1 is 1.06 bits per heavy atom. The van der Waals surface area contributed by atoms with Crippen LogP contribution in [0.3, 0.4) is 0 Å². The van der Waals surface area contributed by atoms with Crippen molar-refractivity contribution in [2.24, 2.45) is 0 Å². The molecule has 0 amide bonds. The van der Waals surface area contributed by atoms with Crippen LogP contribution in [-0.2, 0) is 0 Å². The van der Waals surface area contributed by atoms with Crippen molar-refractivity contribution >= 4 is 23.1 Å². The minimum Gasteiger partial charge on any atom is -0.384 e. The van der Waals surface area contributed by atoms with Crippen LogP contribution in [0, 0.1) is 0 Å². The fourth-order valence-corrected chi connectivity index (χ4v) is 1.90. The highest BCUT2D eigenvalue weighted by Gasteiger charge is 2.10. The number of hydrogen-bond acceptors (Lipinski definition) is 3. The Kier molecular flexibility index (Phi) is 2.23. The van der Waals surface area contributed by atoms with Gasteiger partial charge in [-0.3, -0.25) is 0 Å². The standard InChI is InChI=1S/C12H9ClN4/c13-9-5-2-1-4-8(9)12-15-11-7-3-6-10(14)17(11)16-12/h1-7H,14H2. The van der Waals surface area contributed by atoms with Gasteiger partial charge in [0.15, 0.2) is 11.5 Å². The van der Waals surface area contributed by atoms with Crippen molar-refractivity contribution in [1.82, 2.24) is 14.6 Å². The normalized spacial score (nSPS) is 10.9. The molecule has 1 aromatic carbocycles. The van der Waals surface area contributed by atoms with Gasteiger partial charge in [-0.2, -0.15) is 4.52 Å². The highest BCUT2D eigenvalue weighted by Crippen LogP contribution is 2.25. The molecule has 0 spiro atoms. The van der Waals surface area contributed by atoms with Crippen LogP contribution in [-0.4, -0.2) is 14.6 Å². The average molecular weight is 245 g/mol.